The molecule has 2 heterocycles. The van der Waals surface area contributed by atoms with Crippen LogP contribution in [0.5, 0.6) is 0 Å². The number of nitrogens with zero attached hydrogens (tertiary/aromatic N) is 2. The zero-order valence-corrected chi connectivity index (χ0v) is 16.4. The fourth-order valence-corrected chi connectivity index (χ4v) is 4.92. The minimum absolute atomic E-state index is 0.0472. The first-order valence-electron chi connectivity index (χ1n) is 10.5. The predicted octanol–water partition coefficient (Wildman–Crippen LogP) is 3.13. The lowest BCUT2D eigenvalue weighted by Crippen LogP contribution is -2.56. The number of halogens is 1. The fourth-order valence-electron chi connectivity index (χ4n) is 4.92. The average molecular weight is 388 g/mol. The summed E-state index contributed by atoms with van der Waals surface area (Å²) >= 11 is 0. The Labute approximate surface area is 165 Å². The molecule has 6 heteroatoms. The van der Waals surface area contributed by atoms with Gasteiger partial charge in [0.1, 0.15) is 5.82 Å². The summed E-state index contributed by atoms with van der Waals surface area (Å²) < 4.78 is 19.0. The molecule has 1 aromatic carbocycles. The molecule has 152 valence electrons. The van der Waals surface area contributed by atoms with Gasteiger partial charge < -0.3 is 14.5 Å². The Bertz CT molecular complexity index is 709. The van der Waals surface area contributed by atoms with Crippen molar-refractivity contribution in [1.82, 2.24) is 9.80 Å². The van der Waals surface area contributed by atoms with Gasteiger partial charge in [-0.25, -0.2) is 4.39 Å². The van der Waals surface area contributed by atoms with E-state index in [1.54, 1.807) is 12.1 Å². The molecule has 1 unspecified atom stereocenters. The lowest BCUT2D eigenvalue weighted by atomic mass is 9.94. The van der Waals surface area contributed by atoms with Crippen molar-refractivity contribution in [3.05, 3.63) is 35.6 Å². The maximum atomic E-state index is 13.3. The van der Waals surface area contributed by atoms with E-state index in [4.69, 9.17) is 4.74 Å². The summed E-state index contributed by atoms with van der Waals surface area (Å²) in [5, 5.41) is 0. The fraction of sp³-hybridized carbons (Fsp3) is 0.636. The second-order valence-corrected chi connectivity index (χ2v) is 8.55. The Morgan fingerprint density at radius 3 is 2.64 bits per heavy atom. The Morgan fingerprint density at radius 1 is 1.21 bits per heavy atom. The molecule has 2 amide bonds. The van der Waals surface area contributed by atoms with E-state index >= 15 is 0 Å². The summed E-state index contributed by atoms with van der Waals surface area (Å²) in [6.45, 7) is 2.48. The van der Waals surface area contributed by atoms with Crippen molar-refractivity contribution >= 4 is 11.8 Å². The normalized spacial score (nSPS) is 26.2. The Balaban J connectivity index is 1.52. The topological polar surface area (TPSA) is 49.9 Å². The van der Waals surface area contributed by atoms with Gasteiger partial charge in [-0.2, -0.15) is 0 Å². The van der Waals surface area contributed by atoms with E-state index in [2.05, 4.69) is 0 Å². The summed E-state index contributed by atoms with van der Waals surface area (Å²) in [4.78, 5) is 29.8. The minimum Gasteiger partial charge on any atom is -0.379 e. The van der Waals surface area contributed by atoms with Crippen LogP contribution in [0.4, 0.5) is 4.39 Å². The molecule has 3 aliphatic rings. The van der Waals surface area contributed by atoms with Crippen molar-refractivity contribution in [2.24, 2.45) is 5.92 Å². The summed E-state index contributed by atoms with van der Waals surface area (Å²) in [5.74, 6) is 0.437. The Morgan fingerprint density at radius 2 is 1.96 bits per heavy atom. The third-order valence-electron chi connectivity index (χ3n) is 6.58. The standard InChI is InChI=1S/C22H29FN2O3/c23-19-7-5-18(6-8-19)14-25-20(26)9-11-24(15-22(25)10-12-28-16-22)21(27)13-17-3-1-2-4-17/h5-8,17H,1-4,9-16H2. The molecule has 4 rings (SSSR count). The molecule has 5 nitrogen and oxygen atoms in total. The SMILES string of the molecule is O=C(CC1CCCC1)N1CCC(=O)N(Cc2ccc(F)cc2)C2(CCOC2)C1. The molecule has 0 radical (unpaired) electrons. The van der Waals surface area contributed by atoms with E-state index in [9.17, 15) is 14.0 Å². The predicted molar refractivity (Wildman–Crippen MR) is 103 cm³/mol. The third-order valence-corrected chi connectivity index (χ3v) is 6.58. The number of hydrogen-bond acceptors (Lipinski definition) is 3. The first-order chi connectivity index (χ1) is 13.6. The van der Waals surface area contributed by atoms with Crippen LogP contribution < -0.4 is 0 Å². The molecular formula is C22H29FN2O3. The monoisotopic (exact) mass is 388 g/mol. The second kappa shape index (κ2) is 8.19. The largest absolute Gasteiger partial charge is 0.379 e. The molecule has 2 saturated heterocycles. The van der Waals surface area contributed by atoms with Crippen LogP contribution in [0.15, 0.2) is 24.3 Å². The van der Waals surface area contributed by atoms with Gasteiger partial charge in [0.2, 0.25) is 11.8 Å². The van der Waals surface area contributed by atoms with E-state index < -0.39 is 5.54 Å². The molecule has 28 heavy (non-hydrogen) atoms. The van der Waals surface area contributed by atoms with Crippen molar-refractivity contribution in [2.45, 2.75) is 57.0 Å². The van der Waals surface area contributed by atoms with Crippen LogP contribution in [-0.2, 0) is 20.9 Å². The van der Waals surface area contributed by atoms with Crippen LogP contribution in [0.3, 0.4) is 0 Å². The highest BCUT2D eigenvalue weighted by Crippen LogP contribution is 2.34. The second-order valence-electron chi connectivity index (χ2n) is 8.55. The molecule has 3 fully saturated rings. The molecule has 2 aliphatic heterocycles. The molecular weight excluding hydrogens is 359 g/mol. The lowest BCUT2D eigenvalue weighted by molar-refractivity contribution is -0.138. The molecule has 1 atom stereocenters. The number of rotatable bonds is 4. The third kappa shape index (κ3) is 4.07. The van der Waals surface area contributed by atoms with Crippen molar-refractivity contribution < 1.29 is 18.7 Å². The summed E-state index contributed by atoms with van der Waals surface area (Å²) in [7, 11) is 0. The number of amides is 2. The lowest BCUT2D eigenvalue weighted by Gasteiger charge is -2.40. The van der Waals surface area contributed by atoms with Gasteiger partial charge in [0.15, 0.2) is 0 Å². The van der Waals surface area contributed by atoms with Gasteiger partial charge in [0.25, 0.3) is 0 Å². The maximum absolute atomic E-state index is 13.3. The van der Waals surface area contributed by atoms with Crippen LogP contribution in [0, 0.1) is 11.7 Å². The number of carbonyl (C=O) groups excluding carboxylic acids is 2. The van der Waals surface area contributed by atoms with Gasteiger partial charge >= 0.3 is 0 Å². The molecule has 0 bridgehead atoms. The number of ether oxygens (including phenoxy) is 1. The molecule has 1 spiro atoms. The van der Waals surface area contributed by atoms with E-state index in [0.29, 0.717) is 51.6 Å². The van der Waals surface area contributed by atoms with Crippen molar-refractivity contribution in [3.8, 4) is 0 Å². The van der Waals surface area contributed by atoms with E-state index in [0.717, 1.165) is 24.8 Å². The van der Waals surface area contributed by atoms with Crippen molar-refractivity contribution in [3.63, 3.8) is 0 Å². The van der Waals surface area contributed by atoms with Gasteiger partial charge in [-0.15, -0.1) is 0 Å². The minimum atomic E-state index is -0.479. The van der Waals surface area contributed by atoms with Crippen LogP contribution >= 0.6 is 0 Å². The van der Waals surface area contributed by atoms with E-state index in [1.165, 1.54) is 25.0 Å². The average Bonchev–Trinajstić information content (AvgIpc) is 3.34. The highest BCUT2D eigenvalue weighted by molar-refractivity contribution is 5.81. The maximum Gasteiger partial charge on any atom is 0.225 e. The highest BCUT2D eigenvalue weighted by Gasteiger charge is 2.47. The van der Waals surface area contributed by atoms with Crippen molar-refractivity contribution in [1.29, 1.82) is 0 Å². The van der Waals surface area contributed by atoms with Crippen LogP contribution in [-0.4, -0.2) is 53.5 Å². The van der Waals surface area contributed by atoms with E-state index in [-0.39, 0.29) is 17.6 Å². The zero-order chi connectivity index (χ0) is 19.6. The number of carbonyl (C=O) groups is 2. The smallest absolute Gasteiger partial charge is 0.225 e. The van der Waals surface area contributed by atoms with Gasteiger partial charge in [-0.3, -0.25) is 9.59 Å². The first-order valence-corrected chi connectivity index (χ1v) is 10.5. The molecule has 0 N–H and O–H groups in total. The molecule has 1 aromatic rings. The van der Waals surface area contributed by atoms with E-state index in [1.807, 2.05) is 9.80 Å². The highest BCUT2D eigenvalue weighted by atomic mass is 19.1. The van der Waals surface area contributed by atoms with Gasteiger partial charge in [-0.05, 0) is 42.9 Å². The van der Waals surface area contributed by atoms with Crippen LogP contribution in [0.2, 0.25) is 0 Å². The van der Waals surface area contributed by atoms with Crippen molar-refractivity contribution in [2.75, 3.05) is 26.3 Å². The van der Waals surface area contributed by atoms with Gasteiger partial charge in [0, 0.05) is 39.1 Å². The molecule has 1 saturated carbocycles. The zero-order valence-electron chi connectivity index (χ0n) is 16.4. The Hall–Kier alpha value is -1.95. The van der Waals surface area contributed by atoms with Crippen LogP contribution in [0.1, 0.15) is 50.5 Å². The number of hydrogen-bond donors (Lipinski definition) is 0. The summed E-state index contributed by atoms with van der Waals surface area (Å²) in [5.41, 5.74) is 0.416. The van der Waals surface area contributed by atoms with Gasteiger partial charge in [-0.1, -0.05) is 25.0 Å². The number of benzene rings is 1. The Kier molecular flexibility index (Phi) is 5.67. The molecule has 1 aliphatic carbocycles. The van der Waals surface area contributed by atoms with Crippen LogP contribution in [0.25, 0.3) is 0 Å². The first kappa shape index (κ1) is 19.4. The van der Waals surface area contributed by atoms with Gasteiger partial charge in [0.05, 0.1) is 12.1 Å². The summed E-state index contributed by atoms with van der Waals surface area (Å²) in [6, 6.07) is 6.29. The molecule has 0 aromatic heterocycles. The summed E-state index contributed by atoms with van der Waals surface area (Å²) in [6.07, 6.45) is 6.39. The quantitative estimate of drug-likeness (QED) is 0.796.